The van der Waals surface area contributed by atoms with Crippen molar-refractivity contribution in [2.75, 3.05) is 5.32 Å². The number of anilines is 1. The van der Waals surface area contributed by atoms with Crippen LogP contribution in [0.2, 0.25) is 0 Å². The topological polar surface area (TPSA) is 75.1 Å². The van der Waals surface area contributed by atoms with E-state index in [1.165, 1.54) is 0 Å². The Morgan fingerprint density at radius 3 is 2.60 bits per heavy atom. The fourth-order valence-corrected chi connectivity index (χ4v) is 1.75. The van der Waals surface area contributed by atoms with Crippen LogP contribution in [0.1, 0.15) is 41.4 Å². The van der Waals surface area contributed by atoms with Gasteiger partial charge in [-0.3, -0.25) is 4.98 Å². The Kier molecular flexibility index (Phi) is 4.30. The molecule has 2 aromatic rings. The first kappa shape index (κ1) is 14.0. The fourth-order valence-electron chi connectivity index (χ4n) is 1.75. The maximum atomic E-state index is 11.1. The Labute approximate surface area is 117 Å². The van der Waals surface area contributed by atoms with Crippen LogP contribution >= 0.6 is 0 Å². The summed E-state index contributed by atoms with van der Waals surface area (Å²) in [6.45, 7) is 4.55. The molecule has 104 valence electrons. The third-order valence-corrected chi connectivity index (χ3v) is 2.91. The third-order valence-electron chi connectivity index (χ3n) is 2.91. The molecule has 0 amide bonds. The van der Waals surface area contributed by atoms with E-state index in [2.05, 4.69) is 15.3 Å². The van der Waals surface area contributed by atoms with Crippen LogP contribution in [-0.2, 0) is 6.54 Å². The number of carboxylic acids is 1. The van der Waals surface area contributed by atoms with Crippen LogP contribution in [0.3, 0.4) is 0 Å². The van der Waals surface area contributed by atoms with Gasteiger partial charge in [0, 0.05) is 24.6 Å². The molecule has 0 spiro atoms. The number of nitrogens with zero attached hydrogens (tertiary/aromatic N) is 2. The summed E-state index contributed by atoms with van der Waals surface area (Å²) in [5.74, 6) is -0.192. The van der Waals surface area contributed by atoms with E-state index in [1.807, 2.05) is 26.0 Å². The zero-order chi connectivity index (χ0) is 14.5. The zero-order valence-electron chi connectivity index (χ0n) is 11.5. The van der Waals surface area contributed by atoms with Gasteiger partial charge in [0.2, 0.25) is 0 Å². The second-order valence-electron chi connectivity index (χ2n) is 4.83. The number of pyridine rings is 2. The standard InChI is InChI=1S/C15H17N3O2/c1-10(2)13-7-12(15(19)20)8-14(18-13)17-9-11-3-5-16-6-4-11/h3-8,10H,9H2,1-2H3,(H,17,18)(H,19,20). The normalized spacial score (nSPS) is 10.6. The molecule has 0 saturated carbocycles. The van der Waals surface area contributed by atoms with Crippen molar-refractivity contribution in [3.05, 3.63) is 53.5 Å². The first-order valence-electron chi connectivity index (χ1n) is 6.44. The van der Waals surface area contributed by atoms with Crippen molar-refractivity contribution in [3.63, 3.8) is 0 Å². The largest absolute Gasteiger partial charge is 0.478 e. The minimum Gasteiger partial charge on any atom is -0.478 e. The van der Waals surface area contributed by atoms with E-state index in [0.717, 1.165) is 11.3 Å². The highest BCUT2D eigenvalue weighted by molar-refractivity contribution is 5.88. The Bertz CT molecular complexity index is 597. The van der Waals surface area contributed by atoms with Gasteiger partial charge in [-0.15, -0.1) is 0 Å². The number of rotatable bonds is 5. The van der Waals surface area contributed by atoms with Gasteiger partial charge in [0.15, 0.2) is 0 Å². The lowest BCUT2D eigenvalue weighted by atomic mass is 10.1. The quantitative estimate of drug-likeness (QED) is 0.874. The minimum absolute atomic E-state index is 0.177. The smallest absolute Gasteiger partial charge is 0.335 e. The molecule has 2 heterocycles. The molecule has 5 heteroatoms. The van der Waals surface area contributed by atoms with Gasteiger partial charge in [0.05, 0.1) is 5.56 Å². The van der Waals surface area contributed by atoms with Gasteiger partial charge in [0.1, 0.15) is 5.82 Å². The molecular formula is C15H17N3O2. The molecule has 2 aromatic heterocycles. The van der Waals surface area contributed by atoms with Crippen LogP contribution < -0.4 is 5.32 Å². The van der Waals surface area contributed by atoms with E-state index in [-0.39, 0.29) is 11.5 Å². The minimum atomic E-state index is -0.943. The number of carboxylic acid groups (broad SMARTS) is 1. The molecule has 20 heavy (non-hydrogen) atoms. The Balaban J connectivity index is 2.20. The number of aromatic nitrogens is 2. The molecule has 5 nitrogen and oxygen atoms in total. The lowest BCUT2D eigenvalue weighted by Crippen LogP contribution is -2.07. The molecule has 0 aliphatic rings. The Morgan fingerprint density at radius 1 is 1.30 bits per heavy atom. The van der Waals surface area contributed by atoms with Crippen molar-refractivity contribution < 1.29 is 9.90 Å². The first-order valence-corrected chi connectivity index (χ1v) is 6.44. The van der Waals surface area contributed by atoms with E-state index in [4.69, 9.17) is 5.11 Å². The molecule has 0 radical (unpaired) electrons. The van der Waals surface area contributed by atoms with Crippen LogP contribution in [0.4, 0.5) is 5.82 Å². The Morgan fingerprint density at radius 2 is 2.00 bits per heavy atom. The van der Waals surface area contributed by atoms with E-state index < -0.39 is 5.97 Å². The average Bonchev–Trinajstić information content (AvgIpc) is 2.45. The molecule has 0 aliphatic heterocycles. The van der Waals surface area contributed by atoms with Crippen LogP contribution in [0.15, 0.2) is 36.7 Å². The summed E-state index contributed by atoms with van der Waals surface area (Å²) < 4.78 is 0. The number of aromatic carboxylic acids is 1. The number of nitrogens with one attached hydrogen (secondary N) is 1. The molecule has 0 aliphatic carbocycles. The van der Waals surface area contributed by atoms with Crippen LogP contribution in [0.5, 0.6) is 0 Å². The van der Waals surface area contributed by atoms with Crippen molar-refractivity contribution in [1.82, 2.24) is 9.97 Å². The Hall–Kier alpha value is -2.43. The van der Waals surface area contributed by atoms with Gasteiger partial charge in [-0.2, -0.15) is 0 Å². The zero-order valence-corrected chi connectivity index (χ0v) is 11.5. The van der Waals surface area contributed by atoms with Gasteiger partial charge in [-0.25, -0.2) is 9.78 Å². The van der Waals surface area contributed by atoms with Gasteiger partial charge in [-0.05, 0) is 35.7 Å². The molecule has 0 saturated heterocycles. The third kappa shape index (κ3) is 3.54. The molecule has 2 N–H and O–H groups in total. The summed E-state index contributed by atoms with van der Waals surface area (Å²) in [5, 5.41) is 12.3. The summed E-state index contributed by atoms with van der Waals surface area (Å²) in [7, 11) is 0. The summed E-state index contributed by atoms with van der Waals surface area (Å²) in [4.78, 5) is 19.5. The van der Waals surface area contributed by atoms with E-state index >= 15 is 0 Å². The average molecular weight is 271 g/mol. The molecule has 0 aromatic carbocycles. The molecule has 0 atom stereocenters. The van der Waals surface area contributed by atoms with Crippen LogP contribution in [0.25, 0.3) is 0 Å². The fraction of sp³-hybridized carbons (Fsp3) is 0.267. The first-order chi connectivity index (χ1) is 9.56. The SMILES string of the molecule is CC(C)c1cc(C(=O)O)cc(NCc2ccncc2)n1. The number of hydrogen-bond donors (Lipinski definition) is 2. The van der Waals surface area contributed by atoms with Crippen LogP contribution in [0, 0.1) is 0 Å². The van der Waals surface area contributed by atoms with Gasteiger partial charge in [0.25, 0.3) is 0 Å². The van der Waals surface area contributed by atoms with Crippen molar-refractivity contribution in [3.8, 4) is 0 Å². The highest BCUT2D eigenvalue weighted by Gasteiger charge is 2.10. The molecular weight excluding hydrogens is 254 g/mol. The van der Waals surface area contributed by atoms with Gasteiger partial charge in [-0.1, -0.05) is 13.8 Å². The predicted molar refractivity (Wildman–Crippen MR) is 76.8 cm³/mol. The highest BCUT2D eigenvalue weighted by atomic mass is 16.4. The van der Waals surface area contributed by atoms with Gasteiger partial charge >= 0.3 is 5.97 Å². The van der Waals surface area contributed by atoms with E-state index in [0.29, 0.717) is 12.4 Å². The van der Waals surface area contributed by atoms with Crippen molar-refractivity contribution in [2.45, 2.75) is 26.3 Å². The monoisotopic (exact) mass is 271 g/mol. The second-order valence-corrected chi connectivity index (χ2v) is 4.83. The lowest BCUT2D eigenvalue weighted by Gasteiger charge is -2.11. The van der Waals surface area contributed by atoms with Crippen LogP contribution in [-0.4, -0.2) is 21.0 Å². The summed E-state index contributed by atoms with van der Waals surface area (Å²) in [5.41, 5.74) is 2.08. The predicted octanol–water partition coefficient (Wildman–Crippen LogP) is 2.91. The summed E-state index contributed by atoms with van der Waals surface area (Å²) >= 11 is 0. The molecule has 0 bridgehead atoms. The molecule has 0 fully saturated rings. The number of carbonyl (C=O) groups is 1. The van der Waals surface area contributed by atoms with E-state index in [1.54, 1.807) is 24.5 Å². The lowest BCUT2D eigenvalue weighted by molar-refractivity contribution is 0.0696. The maximum Gasteiger partial charge on any atom is 0.335 e. The number of hydrogen-bond acceptors (Lipinski definition) is 4. The summed E-state index contributed by atoms with van der Waals surface area (Å²) in [6, 6.07) is 6.97. The molecule has 0 unspecified atom stereocenters. The van der Waals surface area contributed by atoms with Crippen molar-refractivity contribution >= 4 is 11.8 Å². The molecule has 2 rings (SSSR count). The van der Waals surface area contributed by atoms with Crippen molar-refractivity contribution in [2.24, 2.45) is 0 Å². The highest BCUT2D eigenvalue weighted by Crippen LogP contribution is 2.18. The second kappa shape index (κ2) is 6.14. The van der Waals surface area contributed by atoms with Crippen molar-refractivity contribution in [1.29, 1.82) is 0 Å². The maximum absolute atomic E-state index is 11.1. The van der Waals surface area contributed by atoms with Gasteiger partial charge < -0.3 is 10.4 Å². The van der Waals surface area contributed by atoms with E-state index in [9.17, 15) is 4.79 Å². The summed E-state index contributed by atoms with van der Waals surface area (Å²) in [6.07, 6.45) is 3.44.